The second kappa shape index (κ2) is 14.9. The normalized spacial score (nSPS) is 13.5. The first-order valence-electron chi connectivity index (χ1n) is 14.4. The maximum Gasteiger partial charge on any atom is 0.416 e. The monoisotopic (exact) mass is 641 g/mol. The molecule has 0 bridgehead atoms. The molecule has 11 heteroatoms. The Morgan fingerprint density at radius 1 is 1.00 bits per heavy atom. The van der Waals surface area contributed by atoms with E-state index in [-0.39, 0.29) is 28.1 Å². The minimum atomic E-state index is -0.933. The molecule has 4 rings (SSSR count). The highest BCUT2D eigenvalue weighted by Gasteiger charge is 2.29. The number of methoxy groups -OCH3 is 1. The van der Waals surface area contributed by atoms with Crippen LogP contribution in [-0.2, 0) is 44.9 Å². The van der Waals surface area contributed by atoms with Crippen molar-refractivity contribution in [2.45, 2.75) is 64.7 Å². The van der Waals surface area contributed by atoms with Crippen LogP contribution in [0, 0.1) is 0 Å². The number of hydrogen-bond donors (Lipinski definition) is 1. The summed E-state index contributed by atoms with van der Waals surface area (Å²) in [4.78, 5) is 44.4. The van der Waals surface area contributed by atoms with Crippen LogP contribution >= 0.6 is 23.2 Å². The zero-order valence-electron chi connectivity index (χ0n) is 25.3. The van der Waals surface area contributed by atoms with Crippen LogP contribution < -0.4 is 10.2 Å². The highest BCUT2D eigenvalue weighted by molar-refractivity contribution is 6.39. The maximum atomic E-state index is 12.8. The molecule has 1 atom stereocenters. The summed E-state index contributed by atoms with van der Waals surface area (Å²) in [6.45, 7) is 6.96. The second-order valence-electron chi connectivity index (χ2n) is 11.5. The van der Waals surface area contributed by atoms with E-state index in [1.807, 2.05) is 57.2 Å². The lowest BCUT2D eigenvalue weighted by molar-refractivity contribution is -0.142. The number of carbonyl (C=O) groups excluding carboxylic acids is 3. The average molecular weight is 643 g/mol. The number of aromatic nitrogens is 1. The van der Waals surface area contributed by atoms with E-state index in [4.69, 9.17) is 42.4 Å². The molecule has 0 spiro atoms. The molecule has 3 aromatic rings. The molecule has 1 N–H and O–H groups in total. The number of anilines is 1. The first-order chi connectivity index (χ1) is 20.9. The number of hydrogen-bond acceptors (Lipinski definition) is 7. The number of rotatable bonds is 10. The maximum absolute atomic E-state index is 12.8. The molecule has 234 valence electrons. The number of pyridine rings is 1. The summed E-state index contributed by atoms with van der Waals surface area (Å²) in [5.41, 5.74) is 3.16. The molecule has 0 aliphatic carbocycles. The molecule has 1 aliphatic heterocycles. The van der Waals surface area contributed by atoms with Gasteiger partial charge in [0.25, 0.3) is 5.91 Å². The Morgan fingerprint density at radius 3 is 2.34 bits per heavy atom. The largest absolute Gasteiger partial charge is 0.467 e. The van der Waals surface area contributed by atoms with E-state index in [0.29, 0.717) is 32.0 Å². The Kier molecular flexibility index (Phi) is 11.2. The molecule has 0 unspecified atom stereocenters. The lowest BCUT2D eigenvalue weighted by atomic mass is 10.0. The number of carbonyl (C=O) groups is 3. The van der Waals surface area contributed by atoms with Crippen molar-refractivity contribution in [1.29, 1.82) is 0 Å². The van der Waals surface area contributed by atoms with Crippen LogP contribution in [0.5, 0.6) is 0 Å². The van der Waals surface area contributed by atoms with Crippen LogP contribution in [0.25, 0.3) is 0 Å². The standard InChI is InChI=1S/C33H37Cl2N3O6/c1-33(2,3)44-32(41)38-17-6-7-23-14-15-24(36-29(23)38)16-18-43-20-22-12-10-21(11-13-22)19-27(31(40)42-4)37-30(39)28-25(34)8-5-9-26(28)35/h5,8-15,27H,6-7,16-20H2,1-4H3,(H,37,39)/t27-/m0/s1. The Bertz CT molecular complexity index is 1470. The third-order valence-corrected chi connectivity index (χ3v) is 7.56. The van der Waals surface area contributed by atoms with Crippen molar-refractivity contribution in [3.05, 3.63) is 92.6 Å². The number of halogens is 2. The minimum absolute atomic E-state index is 0.100. The van der Waals surface area contributed by atoms with Crippen molar-refractivity contribution in [3.8, 4) is 0 Å². The molecule has 2 heterocycles. The summed E-state index contributed by atoms with van der Waals surface area (Å²) in [5.74, 6) is -0.485. The summed E-state index contributed by atoms with van der Waals surface area (Å²) in [7, 11) is 1.27. The van der Waals surface area contributed by atoms with Gasteiger partial charge in [0, 0.05) is 25.1 Å². The summed E-state index contributed by atoms with van der Waals surface area (Å²) in [6.07, 6.45) is 2.16. The SMILES string of the molecule is COC(=O)[C@H](Cc1ccc(COCCc2ccc3c(n2)N(C(=O)OC(C)(C)C)CCC3)cc1)NC(=O)c1c(Cl)cccc1Cl. The van der Waals surface area contributed by atoms with Crippen molar-refractivity contribution in [3.63, 3.8) is 0 Å². The number of amides is 2. The van der Waals surface area contributed by atoms with Crippen LogP contribution in [0.2, 0.25) is 10.0 Å². The number of nitrogens with zero attached hydrogens (tertiary/aromatic N) is 2. The fourth-order valence-corrected chi connectivity index (χ4v) is 5.34. The topological polar surface area (TPSA) is 107 Å². The zero-order chi connectivity index (χ0) is 31.9. The van der Waals surface area contributed by atoms with Gasteiger partial charge in [-0.25, -0.2) is 14.6 Å². The molecular weight excluding hydrogens is 605 g/mol. The van der Waals surface area contributed by atoms with Crippen LogP contribution in [-0.4, -0.2) is 54.9 Å². The minimum Gasteiger partial charge on any atom is -0.467 e. The number of nitrogens with one attached hydrogen (secondary N) is 1. The van der Waals surface area contributed by atoms with Crippen LogP contribution in [0.4, 0.5) is 10.6 Å². The molecule has 9 nitrogen and oxygen atoms in total. The van der Waals surface area contributed by atoms with Gasteiger partial charge in [-0.2, -0.15) is 0 Å². The predicted octanol–water partition coefficient (Wildman–Crippen LogP) is 6.35. The average Bonchev–Trinajstić information content (AvgIpc) is 2.98. The van der Waals surface area contributed by atoms with E-state index < -0.39 is 23.5 Å². The van der Waals surface area contributed by atoms with Crippen molar-refractivity contribution in [2.24, 2.45) is 0 Å². The van der Waals surface area contributed by atoms with Gasteiger partial charge < -0.3 is 19.5 Å². The number of fused-ring (bicyclic) bond motifs is 1. The Labute approximate surface area is 267 Å². The third kappa shape index (κ3) is 8.94. The van der Waals surface area contributed by atoms with Gasteiger partial charge in [-0.3, -0.25) is 9.69 Å². The van der Waals surface area contributed by atoms with E-state index in [1.165, 1.54) is 7.11 Å². The smallest absolute Gasteiger partial charge is 0.416 e. The Balaban J connectivity index is 1.30. The molecule has 2 amide bonds. The molecule has 44 heavy (non-hydrogen) atoms. The Hall–Kier alpha value is -3.66. The fraction of sp³-hybridized carbons (Fsp3) is 0.394. The number of aryl methyl sites for hydroxylation is 1. The summed E-state index contributed by atoms with van der Waals surface area (Å²) < 4.78 is 16.4. The van der Waals surface area contributed by atoms with Crippen LogP contribution in [0.3, 0.4) is 0 Å². The van der Waals surface area contributed by atoms with Crippen molar-refractivity contribution >= 4 is 47.0 Å². The van der Waals surface area contributed by atoms with Gasteiger partial charge in [0.05, 0.1) is 35.9 Å². The molecule has 2 aromatic carbocycles. The number of ether oxygens (including phenoxy) is 3. The van der Waals surface area contributed by atoms with E-state index >= 15 is 0 Å². The molecule has 0 saturated heterocycles. The van der Waals surface area contributed by atoms with Gasteiger partial charge in [0.2, 0.25) is 0 Å². The lowest BCUT2D eigenvalue weighted by Gasteiger charge is -2.31. The lowest BCUT2D eigenvalue weighted by Crippen LogP contribution is -2.43. The molecule has 1 aliphatic rings. The van der Waals surface area contributed by atoms with E-state index in [0.717, 1.165) is 35.2 Å². The first kappa shape index (κ1) is 33.2. The predicted molar refractivity (Wildman–Crippen MR) is 169 cm³/mol. The van der Waals surface area contributed by atoms with E-state index in [1.54, 1.807) is 23.1 Å². The van der Waals surface area contributed by atoms with Gasteiger partial charge in [-0.15, -0.1) is 0 Å². The molecule has 1 aromatic heterocycles. The highest BCUT2D eigenvalue weighted by Crippen LogP contribution is 2.27. The fourth-order valence-electron chi connectivity index (χ4n) is 4.77. The molecule has 0 fully saturated rings. The van der Waals surface area contributed by atoms with Gasteiger partial charge in [-0.05, 0) is 68.5 Å². The molecule has 0 saturated carbocycles. The van der Waals surface area contributed by atoms with Crippen molar-refractivity contribution in [2.75, 3.05) is 25.2 Å². The van der Waals surface area contributed by atoms with Crippen molar-refractivity contribution < 1.29 is 28.6 Å². The van der Waals surface area contributed by atoms with Crippen LogP contribution in [0.1, 0.15) is 59.9 Å². The van der Waals surface area contributed by atoms with Gasteiger partial charge in [0.1, 0.15) is 17.5 Å². The zero-order valence-corrected chi connectivity index (χ0v) is 26.8. The highest BCUT2D eigenvalue weighted by atomic mass is 35.5. The molecular formula is C33H37Cl2N3O6. The summed E-state index contributed by atoms with van der Waals surface area (Å²) in [6, 6.07) is 15.4. The Morgan fingerprint density at radius 2 is 1.68 bits per heavy atom. The summed E-state index contributed by atoms with van der Waals surface area (Å²) >= 11 is 12.3. The van der Waals surface area contributed by atoms with Gasteiger partial charge in [0.15, 0.2) is 0 Å². The number of esters is 1. The van der Waals surface area contributed by atoms with Gasteiger partial charge >= 0.3 is 12.1 Å². The second-order valence-corrected chi connectivity index (χ2v) is 12.3. The van der Waals surface area contributed by atoms with E-state index in [9.17, 15) is 14.4 Å². The number of benzene rings is 2. The van der Waals surface area contributed by atoms with Crippen molar-refractivity contribution in [1.82, 2.24) is 10.3 Å². The van der Waals surface area contributed by atoms with E-state index in [2.05, 4.69) is 5.32 Å². The quantitative estimate of drug-likeness (QED) is 0.203. The van der Waals surface area contributed by atoms with Crippen LogP contribution in [0.15, 0.2) is 54.6 Å². The molecule has 0 radical (unpaired) electrons. The third-order valence-electron chi connectivity index (χ3n) is 6.93. The first-order valence-corrected chi connectivity index (χ1v) is 15.2. The summed E-state index contributed by atoms with van der Waals surface area (Å²) in [5, 5.41) is 3.06. The van der Waals surface area contributed by atoms with Gasteiger partial charge in [-0.1, -0.05) is 59.6 Å².